The summed E-state index contributed by atoms with van der Waals surface area (Å²) in [6.07, 6.45) is 0.799. The Hall–Kier alpha value is -1.90. The van der Waals surface area contributed by atoms with E-state index in [2.05, 4.69) is 17.2 Å². The molecule has 21 heavy (non-hydrogen) atoms. The number of carbonyl (C=O) groups excluding carboxylic acids is 1. The number of benzene rings is 1. The Kier molecular flexibility index (Phi) is 6.86. The van der Waals surface area contributed by atoms with Crippen molar-refractivity contribution in [3.63, 3.8) is 0 Å². The predicted octanol–water partition coefficient (Wildman–Crippen LogP) is 1.21. The maximum Gasteiger partial charge on any atom is 0.254 e. The monoisotopic (exact) mass is 291 g/mol. The lowest BCUT2D eigenvalue weighted by molar-refractivity contribution is 0.0932. The quantitative estimate of drug-likeness (QED) is 0.802. The third-order valence-electron chi connectivity index (χ3n) is 2.93. The van der Waals surface area contributed by atoms with Gasteiger partial charge in [-0.15, -0.1) is 0 Å². The Bertz CT molecular complexity index is 546. The lowest BCUT2D eigenvalue weighted by atomic mass is 10.1. The van der Waals surface area contributed by atoms with Gasteiger partial charge in [0, 0.05) is 11.6 Å². The molecule has 1 atom stereocenters. The summed E-state index contributed by atoms with van der Waals surface area (Å²) in [4.78, 5) is 14.1. The van der Waals surface area contributed by atoms with E-state index in [1.165, 1.54) is 18.2 Å². The smallest absolute Gasteiger partial charge is 0.254 e. The topological polar surface area (TPSA) is 58.4 Å². The van der Waals surface area contributed by atoms with Crippen molar-refractivity contribution in [2.45, 2.75) is 19.4 Å². The molecule has 114 valence electrons. The summed E-state index contributed by atoms with van der Waals surface area (Å²) in [6.45, 7) is 2.98. The predicted molar refractivity (Wildman–Crippen MR) is 82.4 cm³/mol. The second-order valence-corrected chi connectivity index (χ2v) is 5.17. The first kappa shape index (κ1) is 17.2. The van der Waals surface area contributed by atoms with Gasteiger partial charge in [-0.1, -0.05) is 11.8 Å². The minimum absolute atomic E-state index is 0.00974. The van der Waals surface area contributed by atoms with Crippen LogP contribution in [-0.2, 0) is 0 Å². The molecule has 0 bridgehead atoms. The van der Waals surface area contributed by atoms with Crippen LogP contribution in [0.3, 0.4) is 0 Å². The molecule has 4 nitrogen and oxygen atoms in total. The first-order chi connectivity index (χ1) is 9.93. The van der Waals surface area contributed by atoms with Gasteiger partial charge in [-0.25, -0.2) is 4.39 Å². The van der Waals surface area contributed by atoms with Gasteiger partial charge in [0.15, 0.2) is 0 Å². The second-order valence-electron chi connectivity index (χ2n) is 5.17. The number of nitrogens with two attached hydrogens (primary N) is 1. The summed E-state index contributed by atoms with van der Waals surface area (Å²) in [5.41, 5.74) is 5.88. The van der Waals surface area contributed by atoms with Crippen molar-refractivity contribution >= 4 is 5.91 Å². The zero-order valence-corrected chi connectivity index (χ0v) is 12.7. The number of rotatable bonds is 5. The first-order valence-electron chi connectivity index (χ1n) is 6.88. The highest BCUT2D eigenvalue weighted by atomic mass is 19.1. The van der Waals surface area contributed by atoms with Crippen LogP contribution in [0, 0.1) is 17.7 Å². The molecule has 1 amide bonds. The highest BCUT2D eigenvalue weighted by Gasteiger charge is 2.14. The Labute approximate surface area is 125 Å². The molecule has 0 aromatic heterocycles. The molecule has 5 heteroatoms. The summed E-state index contributed by atoms with van der Waals surface area (Å²) in [5, 5.41) is 2.80. The minimum atomic E-state index is -0.550. The fraction of sp³-hybridized carbons (Fsp3) is 0.438. The van der Waals surface area contributed by atoms with E-state index in [0.29, 0.717) is 5.56 Å². The van der Waals surface area contributed by atoms with E-state index in [1.54, 1.807) is 0 Å². The average Bonchev–Trinajstić information content (AvgIpc) is 2.44. The van der Waals surface area contributed by atoms with Gasteiger partial charge in [-0.2, -0.15) is 0 Å². The van der Waals surface area contributed by atoms with Crippen molar-refractivity contribution in [1.82, 2.24) is 10.2 Å². The fourth-order valence-corrected chi connectivity index (χ4v) is 1.76. The van der Waals surface area contributed by atoms with Crippen molar-refractivity contribution in [2.75, 3.05) is 27.2 Å². The SMILES string of the molecule is CC(CCN(C)C)NC(=O)c1cc(C#CCN)ccc1F. The van der Waals surface area contributed by atoms with Crippen LogP contribution in [0.5, 0.6) is 0 Å². The molecule has 1 unspecified atom stereocenters. The summed E-state index contributed by atoms with van der Waals surface area (Å²) in [7, 11) is 3.93. The van der Waals surface area contributed by atoms with E-state index in [0.717, 1.165) is 13.0 Å². The molecule has 0 aliphatic heterocycles. The molecule has 1 aromatic rings. The molecule has 0 saturated carbocycles. The van der Waals surface area contributed by atoms with E-state index in [4.69, 9.17) is 5.73 Å². The highest BCUT2D eigenvalue weighted by Crippen LogP contribution is 2.10. The minimum Gasteiger partial charge on any atom is -0.349 e. The number of nitrogens with zero attached hydrogens (tertiary/aromatic N) is 1. The standard InChI is InChI=1S/C16H22FN3O/c1-12(8-10-20(2)3)19-16(21)14-11-13(5-4-9-18)6-7-15(14)17/h6-7,11-12H,8-10,18H2,1-3H3,(H,19,21). The maximum atomic E-state index is 13.8. The number of carbonyl (C=O) groups is 1. The Morgan fingerprint density at radius 2 is 2.19 bits per heavy atom. The van der Waals surface area contributed by atoms with Crippen LogP contribution in [0.4, 0.5) is 4.39 Å². The number of nitrogens with one attached hydrogen (secondary N) is 1. The summed E-state index contributed by atoms with van der Waals surface area (Å²) < 4.78 is 13.8. The van der Waals surface area contributed by atoms with Crippen molar-refractivity contribution in [2.24, 2.45) is 5.73 Å². The van der Waals surface area contributed by atoms with Crippen LogP contribution in [0.2, 0.25) is 0 Å². The van der Waals surface area contributed by atoms with Gasteiger partial charge in [-0.3, -0.25) is 4.79 Å². The lowest BCUT2D eigenvalue weighted by Gasteiger charge is -2.17. The molecule has 0 aliphatic carbocycles. The third-order valence-corrected chi connectivity index (χ3v) is 2.93. The maximum absolute atomic E-state index is 13.8. The number of amides is 1. The van der Waals surface area contributed by atoms with Gasteiger partial charge in [0.05, 0.1) is 12.1 Å². The molecule has 0 heterocycles. The van der Waals surface area contributed by atoms with E-state index in [1.807, 2.05) is 25.9 Å². The van der Waals surface area contributed by atoms with Crippen molar-refractivity contribution < 1.29 is 9.18 Å². The average molecular weight is 291 g/mol. The van der Waals surface area contributed by atoms with Crippen LogP contribution in [0.25, 0.3) is 0 Å². The number of hydrogen-bond acceptors (Lipinski definition) is 3. The highest BCUT2D eigenvalue weighted by molar-refractivity contribution is 5.95. The van der Waals surface area contributed by atoms with Gasteiger partial charge in [0.2, 0.25) is 0 Å². The molecule has 1 aromatic carbocycles. The van der Waals surface area contributed by atoms with E-state index in [9.17, 15) is 9.18 Å². The molecule has 0 aliphatic rings. The van der Waals surface area contributed by atoms with Gasteiger partial charge in [0.1, 0.15) is 5.82 Å². The molecule has 0 saturated heterocycles. The van der Waals surface area contributed by atoms with Gasteiger partial charge in [-0.05, 0) is 52.2 Å². The van der Waals surface area contributed by atoms with Crippen LogP contribution in [-0.4, -0.2) is 44.0 Å². The zero-order valence-electron chi connectivity index (χ0n) is 12.7. The normalized spacial score (nSPS) is 11.7. The zero-order chi connectivity index (χ0) is 15.8. The van der Waals surface area contributed by atoms with Gasteiger partial charge >= 0.3 is 0 Å². The third kappa shape index (κ3) is 5.94. The molecule has 3 N–H and O–H groups in total. The number of hydrogen-bond donors (Lipinski definition) is 2. The van der Waals surface area contributed by atoms with E-state index < -0.39 is 11.7 Å². The molecular weight excluding hydrogens is 269 g/mol. The lowest BCUT2D eigenvalue weighted by Crippen LogP contribution is -2.35. The van der Waals surface area contributed by atoms with Crippen LogP contribution in [0.15, 0.2) is 18.2 Å². The van der Waals surface area contributed by atoms with Gasteiger partial charge in [0.25, 0.3) is 5.91 Å². The second kappa shape index (κ2) is 8.40. The summed E-state index contributed by atoms with van der Waals surface area (Å²) >= 11 is 0. The molecular formula is C16H22FN3O. The summed E-state index contributed by atoms with van der Waals surface area (Å²) in [5.74, 6) is 4.50. The van der Waals surface area contributed by atoms with Gasteiger partial charge < -0.3 is 16.0 Å². The van der Waals surface area contributed by atoms with Crippen molar-refractivity contribution in [3.05, 3.63) is 35.1 Å². The Balaban J connectivity index is 2.77. The summed E-state index contributed by atoms with van der Waals surface area (Å²) in [6, 6.07) is 4.20. The van der Waals surface area contributed by atoms with E-state index in [-0.39, 0.29) is 18.2 Å². The molecule has 0 spiro atoms. The first-order valence-corrected chi connectivity index (χ1v) is 6.88. The molecule has 1 rings (SSSR count). The van der Waals surface area contributed by atoms with Crippen LogP contribution >= 0.6 is 0 Å². The van der Waals surface area contributed by atoms with Crippen LogP contribution in [0.1, 0.15) is 29.3 Å². The van der Waals surface area contributed by atoms with Crippen LogP contribution < -0.4 is 11.1 Å². The Morgan fingerprint density at radius 1 is 1.48 bits per heavy atom. The van der Waals surface area contributed by atoms with Crippen molar-refractivity contribution in [3.8, 4) is 11.8 Å². The fourth-order valence-electron chi connectivity index (χ4n) is 1.76. The largest absolute Gasteiger partial charge is 0.349 e. The molecule has 0 radical (unpaired) electrons. The Morgan fingerprint density at radius 3 is 2.81 bits per heavy atom. The molecule has 0 fully saturated rings. The van der Waals surface area contributed by atoms with Crippen molar-refractivity contribution in [1.29, 1.82) is 0 Å². The number of halogens is 1. The van der Waals surface area contributed by atoms with E-state index >= 15 is 0 Å².